The molecule has 0 radical (unpaired) electrons. The third-order valence-electron chi connectivity index (χ3n) is 3.83. The number of hydrogen-bond donors (Lipinski definition) is 1. The third-order valence-corrected chi connectivity index (χ3v) is 3.83. The fraction of sp³-hybridized carbons (Fsp3) is 0.500. The van der Waals surface area contributed by atoms with Gasteiger partial charge < -0.3 is 22.7 Å². The van der Waals surface area contributed by atoms with Gasteiger partial charge in [-0.1, -0.05) is 19.3 Å². The molecule has 4 heteroatoms. The fourth-order valence-corrected chi connectivity index (χ4v) is 3.04. The highest BCUT2D eigenvalue weighted by Gasteiger charge is 2.19. The molecule has 0 spiro atoms. The van der Waals surface area contributed by atoms with E-state index >= 15 is 0 Å². The maximum absolute atomic E-state index is 5.81. The van der Waals surface area contributed by atoms with Crippen molar-refractivity contribution in [3.05, 3.63) is 24.0 Å². The summed E-state index contributed by atoms with van der Waals surface area (Å²) in [6.07, 6.45) is 6.65. The van der Waals surface area contributed by atoms with Crippen molar-refractivity contribution < 1.29 is 12.4 Å². The van der Waals surface area contributed by atoms with E-state index in [2.05, 4.69) is 22.5 Å². The Bertz CT molecular complexity index is 541. The lowest BCUT2D eigenvalue weighted by Gasteiger charge is -2.24. The number of fused-ring (bicyclic) bond motifs is 1. The van der Waals surface area contributed by atoms with Crippen molar-refractivity contribution in [1.82, 2.24) is 9.55 Å². The number of nitrogen functional groups attached to an aromatic ring is 1. The van der Waals surface area contributed by atoms with Crippen LogP contribution in [-0.2, 0) is 0 Å². The van der Waals surface area contributed by atoms with Crippen molar-refractivity contribution in [1.29, 1.82) is 0 Å². The Kier molecular flexibility index (Phi) is 3.81. The van der Waals surface area contributed by atoms with Gasteiger partial charge in [0.05, 0.1) is 11.0 Å². The van der Waals surface area contributed by atoms with E-state index in [9.17, 15) is 0 Å². The predicted molar refractivity (Wildman–Crippen MR) is 71.0 cm³/mol. The second kappa shape index (κ2) is 5.19. The smallest absolute Gasteiger partial charge is 0.106 e. The lowest BCUT2D eigenvalue weighted by Crippen LogP contribution is -3.00. The molecule has 2 aromatic rings. The molecule has 0 amide bonds. The summed E-state index contributed by atoms with van der Waals surface area (Å²) in [6, 6.07) is 6.70. The Morgan fingerprint density at radius 2 is 1.94 bits per heavy atom. The second-order valence-electron chi connectivity index (χ2n) is 5.07. The largest absolute Gasteiger partial charge is 1.00 e. The SMILES string of the molecule is Cc1nc2cc(N)ccc2n1C1CCCCC1.[Cl-]. The van der Waals surface area contributed by atoms with Crippen LogP contribution < -0.4 is 18.1 Å². The first-order valence-electron chi connectivity index (χ1n) is 6.50. The molecule has 1 aliphatic carbocycles. The Hall–Kier alpha value is -1.22. The van der Waals surface area contributed by atoms with Gasteiger partial charge in [0.15, 0.2) is 0 Å². The maximum Gasteiger partial charge on any atom is 0.106 e. The molecule has 2 N–H and O–H groups in total. The first-order chi connectivity index (χ1) is 8.25. The molecule has 1 saturated carbocycles. The number of nitrogens with two attached hydrogens (primary N) is 1. The molecule has 3 rings (SSSR count). The van der Waals surface area contributed by atoms with Crippen LogP contribution in [0.3, 0.4) is 0 Å². The van der Waals surface area contributed by atoms with Crippen molar-refractivity contribution >= 4 is 16.7 Å². The van der Waals surface area contributed by atoms with Gasteiger partial charge in [-0.2, -0.15) is 0 Å². The molecule has 0 bridgehead atoms. The van der Waals surface area contributed by atoms with Gasteiger partial charge in [0, 0.05) is 11.7 Å². The fourth-order valence-electron chi connectivity index (χ4n) is 3.04. The number of anilines is 1. The topological polar surface area (TPSA) is 43.8 Å². The molecule has 1 aliphatic rings. The lowest BCUT2D eigenvalue weighted by atomic mass is 9.95. The third kappa shape index (κ3) is 2.19. The Labute approximate surface area is 114 Å². The highest BCUT2D eigenvalue weighted by Crippen LogP contribution is 2.32. The highest BCUT2D eigenvalue weighted by atomic mass is 35.5. The molecule has 3 nitrogen and oxygen atoms in total. The Morgan fingerprint density at radius 1 is 1.22 bits per heavy atom. The van der Waals surface area contributed by atoms with Crippen LogP contribution in [0.2, 0.25) is 0 Å². The molecule has 0 unspecified atom stereocenters. The zero-order valence-corrected chi connectivity index (χ0v) is 11.5. The van der Waals surface area contributed by atoms with Gasteiger partial charge in [0.1, 0.15) is 5.82 Å². The number of imidazole rings is 1. The molecule has 1 fully saturated rings. The van der Waals surface area contributed by atoms with Gasteiger partial charge in [0.2, 0.25) is 0 Å². The van der Waals surface area contributed by atoms with E-state index < -0.39 is 0 Å². The molecule has 0 atom stereocenters. The van der Waals surface area contributed by atoms with Crippen molar-refractivity contribution in [3.63, 3.8) is 0 Å². The van der Waals surface area contributed by atoms with Crippen LogP contribution in [0.4, 0.5) is 5.69 Å². The van der Waals surface area contributed by atoms with Crippen LogP contribution in [-0.4, -0.2) is 9.55 Å². The van der Waals surface area contributed by atoms with Crippen molar-refractivity contribution in [3.8, 4) is 0 Å². The molecule has 0 saturated heterocycles. The molecule has 1 heterocycles. The molecule has 1 aromatic heterocycles. The first-order valence-corrected chi connectivity index (χ1v) is 6.50. The number of benzene rings is 1. The van der Waals surface area contributed by atoms with E-state index in [0.717, 1.165) is 17.0 Å². The summed E-state index contributed by atoms with van der Waals surface area (Å²) >= 11 is 0. The quantitative estimate of drug-likeness (QED) is 0.760. The van der Waals surface area contributed by atoms with E-state index in [1.54, 1.807) is 0 Å². The molecular weight excluding hydrogens is 246 g/mol. The van der Waals surface area contributed by atoms with Crippen LogP contribution in [0.15, 0.2) is 18.2 Å². The second-order valence-corrected chi connectivity index (χ2v) is 5.07. The van der Waals surface area contributed by atoms with Crippen molar-refractivity contribution in [2.75, 3.05) is 5.73 Å². The Morgan fingerprint density at radius 3 is 2.67 bits per heavy atom. The molecular formula is C14H19ClN3-. The van der Waals surface area contributed by atoms with Crippen LogP contribution in [0.25, 0.3) is 11.0 Å². The summed E-state index contributed by atoms with van der Waals surface area (Å²) in [4.78, 5) is 4.63. The molecule has 98 valence electrons. The van der Waals surface area contributed by atoms with Gasteiger partial charge >= 0.3 is 0 Å². The normalized spacial score (nSPS) is 16.7. The van der Waals surface area contributed by atoms with E-state index in [0.29, 0.717) is 6.04 Å². The van der Waals surface area contributed by atoms with E-state index in [4.69, 9.17) is 5.73 Å². The molecule has 1 aromatic carbocycles. The summed E-state index contributed by atoms with van der Waals surface area (Å²) in [7, 11) is 0. The average molecular weight is 265 g/mol. The lowest BCUT2D eigenvalue weighted by molar-refractivity contribution is -0.00000380. The van der Waals surface area contributed by atoms with E-state index in [1.165, 1.54) is 37.6 Å². The number of hydrogen-bond acceptors (Lipinski definition) is 2. The predicted octanol–water partition coefficient (Wildman–Crippen LogP) is 0.436. The summed E-state index contributed by atoms with van der Waals surface area (Å²) in [6.45, 7) is 2.10. The van der Waals surface area contributed by atoms with Crippen LogP contribution in [0.1, 0.15) is 44.0 Å². The van der Waals surface area contributed by atoms with Crippen molar-refractivity contribution in [2.45, 2.75) is 45.1 Å². The number of halogens is 1. The van der Waals surface area contributed by atoms with Gasteiger partial charge in [-0.15, -0.1) is 0 Å². The standard InChI is InChI=1S/C14H19N3.ClH/c1-10-16-13-9-11(15)7-8-14(13)17(10)12-5-3-2-4-6-12;/h7-9,12H,2-6,15H2,1H3;1H/p-1. The number of nitrogens with zero attached hydrogens (tertiary/aromatic N) is 2. The summed E-state index contributed by atoms with van der Waals surface area (Å²) < 4.78 is 2.41. The van der Waals surface area contributed by atoms with Crippen LogP contribution >= 0.6 is 0 Å². The summed E-state index contributed by atoms with van der Waals surface area (Å²) in [5, 5.41) is 0. The minimum atomic E-state index is 0. The average Bonchev–Trinajstić information content (AvgIpc) is 2.65. The van der Waals surface area contributed by atoms with E-state index in [-0.39, 0.29) is 12.4 Å². The number of aryl methyl sites for hydroxylation is 1. The van der Waals surface area contributed by atoms with E-state index in [1.807, 2.05) is 12.1 Å². The van der Waals surface area contributed by atoms with Gasteiger partial charge in [0.25, 0.3) is 0 Å². The molecule has 0 aliphatic heterocycles. The monoisotopic (exact) mass is 264 g/mol. The Balaban J connectivity index is 0.00000120. The van der Waals surface area contributed by atoms with Gasteiger partial charge in [-0.05, 0) is 38.0 Å². The number of rotatable bonds is 1. The summed E-state index contributed by atoms with van der Waals surface area (Å²) in [5.74, 6) is 1.12. The summed E-state index contributed by atoms with van der Waals surface area (Å²) in [5.41, 5.74) is 8.88. The minimum Gasteiger partial charge on any atom is -1.00 e. The maximum atomic E-state index is 5.81. The van der Waals surface area contributed by atoms with Crippen LogP contribution in [0.5, 0.6) is 0 Å². The molecule has 18 heavy (non-hydrogen) atoms. The zero-order valence-electron chi connectivity index (χ0n) is 10.7. The van der Waals surface area contributed by atoms with Crippen molar-refractivity contribution in [2.24, 2.45) is 0 Å². The minimum absolute atomic E-state index is 0. The zero-order chi connectivity index (χ0) is 11.8. The first kappa shape index (κ1) is 13.2. The highest BCUT2D eigenvalue weighted by molar-refractivity contribution is 5.79. The van der Waals surface area contributed by atoms with Gasteiger partial charge in [-0.25, -0.2) is 4.98 Å². The van der Waals surface area contributed by atoms with Gasteiger partial charge in [-0.3, -0.25) is 0 Å². The van der Waals surface area contributed by atoms with Crippen LogP contribution in [0, 0.1) is 6.92 Å². The number of aromatic nitrogens is 2.